The van der Waals surface area contributed by atoms with Crippen LogP contribution in [0.1, 0.15) is 34.2 Å². The van der Waals surface area contributed by atoms with Crippen LogP contribution in [0, 0.1) is 0 Å². The number of hydrogen-bond acceptors (Lipinski definition) is 4. The van der Waals surface area contributed by atoms with Gasteiger partial charge < -0.3 is 16.0 Å². The van der Waals surface area contributed by atoms with Crippen molar-refractivity contribution in [3.63, 3.8) is 0 Å². The number of anilines is 2. The van der Waals surface area contributed by atoms with Gasteiger partial charge in [-0.1, -0.05) is 31.2 Å². The van der Waals surface area contributed by atoms with Gasteiger partial charge in [0.25, 0.3) is 11.8 Å². The van der Waals surface area contributed by atoms with Crippen LogP contribution in [0.4, 0.5) is 11.5 Å². The van der Waals surface area contributed by atoms with Crippen molar-refractivity contribution in [1.29, 1.82) is 0 Å². The van der Waals surface area contributed by atoms with E-state index in [-0.39, 0.29) is 17.5 Å². The molecule has 0 radical (unpaired) electrons. The Morgan fingerprint density at radius 3 is 2.38 bits per heavy atom. The Hall–Kier alpha value is -3.94. The van der Waals surface area contributed by atoms with E-state index in [1.807, 2.05) is 30.3 Å². The van der Waals surface area contributed by atoms with Crippen molar-refractivity contribution >= 4 is 29.2 Å². The van der Waals surface area contributed by atoms with Crippen molar-refractivity contribution < 1.29 is 14.4 Å². The lowest BCUT2D eigenvalue weighted by atomic mass is 10.2. The fourth-order valence-corrected chi connectivity index (χ4v) is 2.66. The average molecular weight is 391 g/mol. The van der Waals surface area contributed by atoms with Crippen LogP contribution in [0.25, 0.3) is 5.69 Å². The summed E-state index contributed by atoms with van der Waals surface area (Å²) in [6.45, 7) is 1.74. The van der Waals surface area contributed by atoms with Crippen LogP contribution >= 0.6 is 0 Å². The first-order valence-corrected chi connectivity index (χ1v) is 9.10. The lowest BCUT2D eigenvalue weighted by molar-refractivity contribution is -0.115. The molecule has 2 aromatic carbocycles. The van der Waals surface area contributed by atoms with E-state index in [4.69, 9.17) is 0 Å². The van der Waals surface area contributed by atoms with Gasteiger partial charge in [-0.25, -0.2) is 4.68 Å². The number of hydrogen-bond donors (Lipinski definition) is 3. The minimum Gasteiger partial charge on any atom is -0.355 e. The van der Waals surface area contributed by atoms with E-state index in [2.05, 4.69) is 21.0 Å². The standard InChI is InChI=1S/C21H21N5O3/c1-3-19(27)24-18-13-17(25-26(18)16-10-5-4-6-11-16)21(29)23-15-9-7-8-14(12-15)20(28)22-2/h4-13H,3H2,1-2H3,(H,22,28)(H,23,29)(H,24,27). The summed E-state index contributed by atoms with van der Waals surface area (Å²) in [6, 6.07) is 17.3. The molecule has 1 heterocycles. The van der Waals surface area contributed by atoms with Gasteiger partial charge >= 0.3 is 0 Å². The van der Waals surface area contributed by atoms with E-state index in [1.165, 1.54) is 17.8 Å². The van der Waals surface area contributed by atoms with E-state index in [9.17, 15) is 14.4 Å². The molecule has 8 nitrogen and oxygen atoms in total. The molecule has 0 fully saturated rings. The molecule has 0 spiro atoms. The van der Waals surface area contributed by atoms with Gasteiger partial charge in [-0.2, -0.15) is 5.10 Å². The highest BCUT2D eigenvalue weighted by molar-refractivity contribution is 6.05. The number of aromatic nitrogens is 2. The minimum atomic E-state index is -0.458. The molecular weight excluding hydrogens is 370 g/mol. The second-order valence-corrected chi connectivity index (χ2v) is 6.18. The second-order valence-electron chi connectivity index (χ2n) is 6.18. The number of amides is 3. The number of nitrogens with zero attached hydrogens (tertiary/aromatic N) is 2. The molecule has 148 valence electrons. The quantitative estimate of drug-likeness (QED) is 0.601. The number of para-hydroxylation sites is 1. The average Bonchev–Trinajstić information content (AvgIpc) is 3.17. The largest absolute Gasteiger partial charge is 0.355 e. The highest BCUT2D eigenvalue weighted by Crippen LogP contribution is 2.19. The lowest BCUT2D eigenvalue weighted by Crippen LogP contribution is -2.18. The number of nitrogens with one attached hydrogen (secondary N) is 3. The number of carbonyl (C=O) groups excluding carboxylic acids is 3. The summed E-state index contributed by atoms with van der Waals surface area (Å²) in [7, 11) is 1.54. The number of rotatable bonds is 6. The molecule has 0 unspecified atom stereocenters. The Morgan fingerprint density at radius 2 is 1.69 bits per heavy atom. The van der Waals surface area contributed by atoms with Crippen LogP contribution in [0.5, 0.6) is 0 Å². The molecule has 8 heteroatoms. The summed E-state index contributed by atoms with van der Waals surface area (Å²) in [6.07, 6.45) is 0.299. The molecule has 0 aliphatic carbocycles. The summed E-state index contributed by atoms with van der Waals surface area (Å²) in [5.41, 5.74) is 1.73. The van der Waals surface area contributed by atoms with Crippen molar-refractivity contribution in [2.75, 3.05) is 17.7 Å². The fraction of sp³-hybridized carbons (Fsp3) is 0.143. The molecule has 3 amide bonds. The Bertz CT molecular complexity index is 1040. The molecule has 0 atom stereocenters. The summed E-state index contributed by atoms with van der Waals surface area (Å²) in [5, 5.41) is 12.4. The van der Waals surface area contributed by atoms with Gasteiger partial charge in [0.15, 0.2) is 5.69 Å². The normalized spacial score (nSPS) is 10.3. The van der Waals surface area contributed by atoms with Crippen molar-refractivity contribution in [2.45, 2.75) is 13.3 Å². The Labute approximate surface area is 167 Å². The van der Waals surface area contributed by atoms with E-state index >= 15 is 0 Å². The summed E-state index contributed by atoms with van der Waals surface area (Å²) < 4.78 is 1.50. The maximum Gasteiger partial charge on any atom is 0.276 e. The van der Waals surface area contributed by atoms with Crippen molar-refractivity contribution in [3.8, 4) is 5.69 Å². The zero-order valence-electron chi connectivity index (χ0n) is 16.1. The van der Waals surface area contributed by atoms with Crippen LogP contribution < -0.4 is 16.0 Å². The third kappa shape index (κ3) is 4.67. The van der Waals surface area contributed by atoms with E-state index in [1.54, 1.807) is 31.2 Å². The van der Waals surface area contributed by atoms with E-state index < -0.39 is 5.91 Å². The molecule has 0 saturated heterocycles. The second kappa shape index (κ2) is 8.83. The molecule has 0 aliphatic heterocycles. The third-order valence-electron chi connectivity index (χ3n) is 4.14. The molecule has 1 aromatic heterocycles. The first kappa shape index (κ1) is 19.8. The molecule has 29 heavy (non-hydrogen) atoms. The summed E-state index contributed by atoms with van der Waals surface area (Å²) in [5.74, 6) is -0.501. The first-order chi connectivity index (χ1) is 14.0. The SMILES string of the molecule is CCC(=O)Nc1cc(C(=O)Nc2cccc(C(=O)NC)c2)nn1-c1ccccc1. The molecular formula is C21H21N5O3. The van der Waals surface area contributed by atoms with Gasteiger partial charge in [0.05, 0.1) is 5.69 Å². The van der Waals surface area contributed by atoms with Gasteiger partial charge in [-0.3, -0.25) is 14.4 Å². The monoisotopic (exact) mass is 391 g/mol. The predicted molar refractivity (Wildman–Crippen MR) is 110 cm³/mol. The van der Waals surface area contributed by atoms with Crippen LogP contribution in [-0.2, 0) is 4.79 Å². The zero-order chi connectivity index (χ0) is 20.8. The number of benzene rings is 2. The highest BCUT2D eigenvalue weighted by atomic mass is 16.2. The van der Waals surface area contributed by atoms with Crippen LogP contribution in [0.15, 0.2) is 60.7 Å². The van der Waals surface area contributed by atoms with Gasteiger partial charge in [0.1, 0.15) is 5.82 Å². The maximum absolute atomic E-state index is 12.7. The Kier molecular flexibility index (Phi) is 6.03. The third-order valence-corrected chi connectivity index (χ3v) is 4.14. The van der Waals surface area contributed by atoms with Crippen LogP contribution in [0.2, 0.25) is 0 Å². The topological polar surface area (TPSA) is 105 Å². The smallest absolute Gasteiger partial charge is 0.276 e. The molecule has 0 saturated carbocycles. The highest BCUT2D eigenvalue weighted by Gasteiger charge is 2.17. The van der Waals surface area contributed by atoms with Gasteiger partial charge in [0.2, 0.25) is 5.91 Å². The van der Waals surface area contributed by atoms with Gasteiger partial charge in [0, 0.05) is 30.8 Å². The molecule has 3 N–H and O–H groups in total. The summed E-state index contributed by atoms with van der Waals surface area (Å²) in [4.78, 5) is 36.4. The fourth-order valence-electron chi connectivity index (χ4n) is 2.66. The maximum atomic E-state index is 12.7. The van der Waals surface area contributed by atoms with Gasteiger partial charge in [-0.05, 0) is 30.3 Å². The Balaban J connectivity index is 1.89. The van der Waals surface area contributed by atoms with Crippen molar-refractivity contribution in [1.82, 2.24) is 15.1 Å². The molecule has 0 aliphatic rings. The molecule has 3 aromatic rings. The number of carbonyl (C=O) groups is 3. The van der Waals surface area contributed by atoms with Crippen LogP contribution in [0.3, 0.4) is 0 Å². The lowest BCUT2D eigenvalue weighted by Gasteiger charge is -2.07. The van der Waals surface area contributed by atoms with E-state index in [0.717, 1.165) is 0 Å². The molecule has 3 rings (SSSR count). The molecule has 0 bridgehead atoms. The van der Waals surface area contributed by atoms with Gasteiger partial charge in [-0.15, -0.1) is 0 Å². The Morgan fingerprint density at radius 1 is 0.931 bits per heavy atom. The zero-order valence-corrected chi connectivity index (χ0v) is 16.1. The van der Waals surface area contributed by atoms with Crippen LogP contribution in [-0.4, -0.2) is 34.5 Å². The first-order valence-electron chi connectivity index (χ1n) is 9.10. The minimum absolute atomic E-state index is 0.130. The summed E-state index contributed by atoms with van der Waals surface area (Å²) >= 11 is 0. The van der Waals surface area contributed by atoms with Crippen molar-refractivity contribution in [2.24, 2.45) is 0 Å². The van der Waals surface area contributed by atoms with Crippen molar-refractivity contribution in [3.05, 3.63) is 71.9 Å². The van der Waals surface area contributed by atoms with E-state index in [0.29, 0.717) is 29.2 Å². The predicted octanol–water partition coefficient (Wildman–Crippen LogP) is 2.83.